The van der Waals surface area contributed by atoms with Gasteiger partial charge in [0.2, 0.25) is 0 Å². The van der Waals surface area contributed by atoms with E-state index in [9.17, 15) is 14.7 Å². The van der Waals surface area contributed by atoms with E-state index in [1.165, 1.54) is 0 Å². The average Bonchev–Trinajstić information content (AvgIpc) is 2.84. The molecule has 0 radical (unpaired) electrons. The van der Waals surface area contributed by atoms with Gasteiger partial charge in [0, 0.05) is 24.2 Å². The van der Waals surface area contributed by atoms with Gasteiger partial charge in [0.1, 0.15) is 5.56 Å². The number of amides is 1. The zero-order valence-electron chi connectivity index (χ0n) is 15.5. The molecule has 1 aromatic rings. The Morgan fingerprint density at radius 3 is 2.80 bits per heavy atom. The number of aromatic amines is 1. The fraction of sp³-hybridized carbons (Fsp3) is 0.684. The van der Waals surface area contributed by atoms with Crippen LogP contribution in [-0.4, -0.2) is 52.7 Å². The molecular formula is C19H29N3O3. The summed E-state index contributed by atoms with van der Waals surface area (Å²) in [6.07, 6.45) is 3.28. The Morgan fingerprint density at radius 1 is 1.48 bits per heavy atom. The van der Waals surface area contributed by atoms with Crippen LogP contribution < -0.4 is 10.9 Å². The molecule has 1 saturated carbocycles. The van der Waals surface area contributed by atoms with Crippen molar-refractivity contribution in [1.29, 1.82) is 0 Å². The van der Waals surface area contributed by atoms with Gasteiger partial charge < -0.3 is 20.3 Å². The monoisotopic (exact) mass is 347 g/mol. The van der Waals surface area contributed by atoms with Gasteiger partial charge in [-0.05, 0) is 43.9 Å². The van der Waals surface area contributed by atoms with Gasteiger partial charge in [-0.3, -0.25) is 9.59 Å². The molecule has 2 fully saturated rings. The van der Waals surface area contributed by atoms with Gasteiger partial charge in [-0.25, -0.2) is 0 Å². The molecule has 6 nitrogen and oxygen atoms in total. The highest BCUT2D eigenvalue weighted by molar-refractivity contribution is 5.94. The molecule has 2 unspecified atom stereocenters. The highest BCUT2D eigenvalue weighted by Crippen LogP contribution is 2.52. The van der Waals surface area contributed by atoms with Crippen molar-refractivity contribution < 1.29 is 9.90 Å². The number of nitrogens with one attached hydrogen (secondary N) is 2. The molecule has 1 spiro atoms. The van der Waals surface area contributed by atoms with Crippen LogP contribution in [0, 0.1) is 11.3 Å². The minimum absolute atomic E-state index is 0.0674. The molecule has 6 heteroatoms. The number of carbonyl (C=O) groups excluding carboxylic acids is 1. The van der Waals surface area contributed by atoms with Crippen molar-refractivity contribution in [3.05, 3.63) is 33.7 Å². The third-order valence-corrected chi connectivity index (χ3v) is 5.94. The molecule has 1 aromatic heterocycles. The maximum absolute atomic E-state index is 12.6. The molecule has 138 valence electrons. The third-order valence-electron chi connectivity index (χ3n) is 5.94. The number of aliphatic hydroxyl groups excluding tert-OH is 1. The Balaban J connectivity index is 1.74. The molecule has 2 aliphatic rings. The van der Waals surface area contributed by atoms with E-state index in [2.05, 4.69) is 36.1 Å². The molecule has 1 aliphatic carbocycles. The van der Waals surface area contributed by atoms with E-state index >= 15 is 0 Å². The Morgan fingerprint density at radius 2 is 2.20 bits per heavy atom. The van der Waals surface area contributed by atoms with Crippen molar-refractivity contribution in [2.75, 3.05) is 13.6 Å². The summed E-state index contributed by atoms with van der Waals surface area (Å²) in [5.41, 5.74) is 0.713. The number of pyridine rings is 1. The number of aromatic nitrogens is 1. The third kappa shape index (κ3) is 3.13. The Bertz CT molecular complexity index is 709. The van der Waals surface area contributed by atoms with Crippen molar-refractivity contribution in [3.8, 4) is 0 Å². The summed E-state index contributed by atoms with van der Waals surface area (Å²) in [5.74, 6) is 0.107. The van der Waals surface area contributed by atoms with Gasteiger partial charge in [-0.15, -0.1) is 0 Å². The quantitative estimate of drug-likeness (QED) is 0.763. The number of rotatable bonds is 4. The van der Waals surface area contributed by atoms with Crippen LogP contribution in [0.2, 0.25) is 0 Å². The highest BCUT2D eigenvalue weighted by Gasteiger charge is 2.58. The second-order valence-corrected chi connectivity index (χ2v) is 8.13. The molecule has 2 heterocycles. The van der Waals surface area contributed by atoms with Crippen molar-refractivity contribution in [2.24, 2.45) is 11.3 Å². The maximum atomic E-state index is 12.6. The topological polar surface area (TPSA) is 85.4 Å². The van der Waals surface area contributed by atoms with Gasteiger partial charge in [0.25, 0.3) is 11.5 Å². The van der Waals surface area contributed by atoms with E-state index < -0.39 is 12.0 Å². The molecule has 25 heavy (non-hydrogen) atoms. The maximum Gasteiger partial charge on any atom is 0.260 e. The van der Waals surface area contributed by atoms with Gasteiger partial charge in [-0.2, -0.15) is 0 Å². The summed E-state index contributed by atoms with van der Waals surface area (Å²) in [6.45, 7) is 7.33. The number of hydrogen-bond donors (Lipinski definition) is 3. The van der Waals surface area contributed by atoms with Crippen molar-refractivity contribution in [3.63, 3.8) is 0 Å². The number of aryl methyl sites for hydroxylation is 1. The number of likely N-dealkylation sites (tertiary alicyclic amines) is 1. The summed E-state index contributed by atoms with van der Waals surface area (Å²) < 4.78 is 0. The smallest absolute Gasteiger partial charge is 0.260 e. The molecule has 1 aliphatic heterocycles. The van der Waals surface area contributed by atoms with E-state index in [4.69, 9.17) is 0 Å². The standard InChI is InChI=1S/C19H29N3O3/c1-5-12-6-13(17(24)20-9-12)18(25)21-14-7-19(8-15(14)23)10-22(4)16(19)11(2)3/h6,9,11,14-16,23H,5,7-8,10H2,1-4H3,(H,20,24)(H,21,25)/t14-,15-,16?,19?/m1/s1. The summed E-state index contributed by atoms with van der Waals surface area (Å²) in [5, 5.41) is 13.4. The molecule has 4 atom stereocenters. The van der Waals surface area contributed by atoms with E-state index in [-0.39, 0.29) is 22.6 Å². The lowest BCUT2D eigenvalue weighted by atomic mass is 9.66. The van der Waals surface area contributed by atoms with Crippen LogP contribution in [0.5, 0.6) is 0 Å². The van der Waals surface area contributed by atoms with Crippen LogP contribution in [0.15, 0.2) is 17.1 Å². The van der Waals surface area contributed by atoms with Crippen LogP contribution in [0.25, 0.3) is 0 Å². The van der Waals surface area contributed by atoms with E-state index in [1.807, 2.05) is 6.92 Å². The summed E-state index contributed by atoms with van der Waals surface area (Å²) in [4.78, 5) is 29.5. The lowest BCUT2D eigenvalue weighted by molar-refractivity contribution is -0.0827. The molecular weight excluding hydrogens is 318 g/mol. The Labute approximate surface area is 148 Å². The first-order valence-corrected chi connectivity index (χ1v) is 9.18. The lowest BCUT2D eigenvalue weighted by Gasteiger charge is -2.57. The van der Waals surface area contributed by atoms with Gasteiger partial charge >= 0.3 is 0 Å². The first-order valence-electron chi connectivity index (χ1n) is 9.18. The van der Waals surface area contributed by atoms with Crippen molar-refractivity contribution in [2.45, 2.75) is 58.2 Å². The Hall–Kier alpha value is -1.66. The number of hydrogen-bond acceptors (Lipinski definition) is 4. The zero-order chi connectivity index (χ0) is 18.4. The minimum atomic E-state index is -0.563. The Kier molecular flexibility index (Phi) is 4.77. The van der Waals surface area contributed by atoms with Crippen LogP contribution in [-0.2, 0) is 6.42 Å². The molecule has 0 aromatic carbocycles. The fourth-order valence-corrected chi connectivity index (χ4v) is 5.14. The predicted molar refractivity (Wildman–Crippen MR) is 96.6 cm³/mol. The molecule has 0 bridgehead atoms. The van der Waals surface area contributed by atoms with Gasteiger partial charge in [-0.1, -0.05) is 20.8 Å². The van der Waals surface area contributed by atoms with Crippen LogP contribution in [0.1, 0.15) is 49.5 Å². The largest absolute Gasteiger partial charge is 0.391 e. The van der Waals surface area contributed by atoms with E-state index in [1.54, 1.807) is 12.3 Å². The predicted octanol–water partition coefficient (Wildman–Crippen LogP) is 1.15. The van der Waals surface area contributed by atoms with Crippen molar-refractivity contribution >= 4 is 5.91 Å². The number of H-pyrrole nitrogens is 1. The number of aliphatic hydroxyl groups is 1. The van der Waals surface area contributed by atoms with Crippen LogP contribution in [0.3, 0.4) is 0 Å². The molecule has 3 rings (SSSR count). The van der Waals surface area contributed by atoms with E-state index in [0.717, 1.165) is 24.9 Å². The fourth-order valence-electron chi connectivity index (χ4n) is 5.14. The number of nitrogens with zero attached hydrogens (tertiary/aromatic N) is 1. The first kappa shape index (κ1) is 18.1. The van der Waals surface area contributed by atoms with Crippen molar-refractivity contribution in [1.82, 2.24) is 15.2 Å². The van der Waals surface area contributed by atoms with Gasteiger partial charge in [0.05, 0.1) is 12.1 Å². The van der Waals surface area contributed by atoms with E-state index in [0.29, 0.717) is 18.4 Å². The second kappa shape index (κ2) is 6.57. The second-order valence-electron chi connectivity index (χ2n) is 8.13. The summed E-state index contributed by atoms with van der Waals surface area (Å²) >= 11 is 0. The highest BCUT2D eigenvalue weighted by atomic mass is 16.3. The molecule has 1 saturated heterocycles. The normalized spacial score (nSPS) is 32.2. The zero-order valence-corrected chi connectivity index (χ0v) is 15.5. The lowest BCUT2D eigenvalue weighted by Crippen LogP contribution is -2.64. The molecule has 3 N–H and O–H groups in total. The van der Waals surface area contributed by atoms with Crippen LogP contribution >= 0.6 is 0 Å². The number of carbonyl (C=O) groups is 1. The van der Waals surface area contributed by atoms with Gasteiger partial charge in [0.15, 0.2) is 0 Å². The van der Waals surface area contributed by atoms with Crippen LogP contribution in [0.4, 0.5) is 0 Å². The SMILES string of the molecule is CCc1c[nH]c(=O)c(C(=O)N[C@@H]2CC3(C[C@H]2O)CN(C)C3C(C)C)c1. The summed E-state index contributed by atoms with van der Waals surface area (Å²) in [6, 6.07) is 1.77. The summed E-state index contributed by atoms with van der Waals surface area (Å²) in [7, 11) is 2.12. The average molecular weight is 347 g/mol. The molecule has 1 amide bonds. The minimum Gasteiger partial charge on any atom is -0.391 e. The first-order chi connectivity index (χ1) is 11.8.